The Morgan fingerprint density at radius 3 is 2.31 bits per heavy atom. The summed E-state index contributed by atoms with van der Waals surface area (Å²) in [5.41, 5.74) is 0. The van der Waals surface area contributed by atoms with Gasteiger partial charge in [-0.3, -0.25) is 9.59 Å². The highest BCUT2D eigenvalue weighted by Crippen LogP contribution is 2.27. The fourth-order valence-electron chi connectivity index (χ4n) is 1.34. The lowest BCUT2D eigenvalue weighted by Gasteiger charge is -2.22. The number of ether oxygens (including phenoxy) is 2. The van der Waals surface area contributed by atoms with Gasteiger partial charge in [-0.15, -0.1) is 11.3 Å². The number of esters is 2. The molecule has 0 bridgehead atoms. The van der Waals surface area contributed by atoms with Gasteiger partial charge in [0.25, 0.3) is 0 Å². The molecule has 88 valence electrons. The lowest BCUT2D eigenvalue weighted by Crippen LogP contribution is -2.24. The second-order valence-corrected chi connectivity index (χ2v) is 4.34. The monoisotopic (exact) mass is 242 g/mol. The molecule has 0 saturated carbocycles. The largest absolute Gasteiger partial charge is 0.458 e. The summed E-state index contributed by atoms with van der Waals surface area (Å²) >= 11 is 1.46. The molecule has 0 aliphatic carbocycles. The number of carbonyl (C=O) groups excluding carboxylic acids is 2. The summed E-state index contributed by atoms with van der Waals surface area (Å²) in [6.07, 6.45) is -1.01. The third-order valence-corrected chi connectivity index (χ3v) is 2.83. The fraction of sp³-hybridized carbons (Fsp3) is 0.455. The zero-order valence-corrected chi connectivity index (χ0v) is 10.2. The van der Waals surface area contributed by atoms with Crippen LogP contribution in [0.1, 0.15) is 31.8 Å². The molecule has 0 fully saturated rings. The molecule has 1 aromatic heterocycles. The van der Waals surface area contributed by atoms with Gasteiger partial charge < -0.3 is 9.47 Å². The number of thiophene rings is 1. The van der Waals surface area contributed by atoms with E-state index in [0.717, 1.165) is 4.88 Å². The maximum atomic E-state index is 11.0. The summed E-state index contributed by atoms with van der Waals surface area (Å²) in [6, 6.07) is 3.70. The topological polar surface area (TPSA) is 52.6 Å². The van der Waals surface area contributed by atoms with E-state index in [4.69, 9.17) is 9.47 Å². The van der Waals surface area contributed by atoms with Crippen LogP contribution in [0.4, 0.5) is 0 Å². The van der Waals surface area contributed by atoms with Gasteiger partial charge in [0.2, 0.25) is 0 Å². The van der Waals surface area contributed by atoms with Crippen LogP contribution in [0.3, 0.4) is 0 Å². The molecule has 0 saturated heterocycles. The third-order valence-electron chi connectivity index (χ3n) is 1.89. The molecule has 0 amide bonds. The van der Waals surface area contributed by atoms with Crippen LogP contribution in [0.5, 0.6) is 0 Å². The first kappa shape index (κ1) is 12.7. The standard InChI is InChI=1S/C11H14O4S/c1-7(14-8(2)12)11(15-9(3)13)10-5-4-6-16-10/h4-7,11H,1-3H3. The number of rotatable bonds is 4. The zero-order chi connectivity index (χ0) is 12.1. The Kier molecular flexibility index (Phi) is 4.49. The smallest absolute Gasteiger partial charge is 0.303 e. The van der Waals surface area contributed by atoms with Crippen LogP contribution >= 0.6 is 11.3 Å². The van der Waals surface area contributed by atoms with Crippen molar-refractivity contribution < 1.29 is 19.1 Å². The van der Waals surface area contributed by atoms with Crippen LogP contribution in [0.25, 0.3) is 0 Å². The zero-order valence-electron chi connectivity index (χ0n) is 9.43. The van der Waals surface area contributed by atoms with Crippen molar-refractivity contribution in [2.45, 2.75) is 33.0 Å². The Morgan fingerprint density at radius 2 is 1.88 bits per heavy atom. The van der Waals surface area contributed by atoms with Crippen molar-refractivity contribution in [1.82, 2.24) is 0 Å². The predicted octanol–water partition coefficient (Wildman–Crippen LogP) is 2.30. The molecule has 16 heavy (non-hydrogen) atoms. The summed E-state index contributed by atoms with van der Waals surface area (Å²) in [5.74, 6) is -0.779. The van der Waals surface area contributed by atoms with Crippen LogP contribution < -0.4 is 0 Å². The molecule has 5 heteroatoms. The lowest BCUT2D eigenvalue weighted by atomic mass is 10.2. The SMILES string of the molecule is CC(=O)OC(C)C(OC(C)=O)c1cccs1. The molecule has 1 heterocycles. The quantitative estimate of drug-likeness (QED) is 0.760. The average molecular weight is 242 g/mol. The maximum absolute atomic E-state index is 11.0. The Bertz CT molecular complexity index is 358. The van der Waals surface area contributed by atoms with Crippen LogP contribution in [-0.4, -0.2) is 18.0 Å². The molecular formula is C11H14O4S. The number of hydrogen-bond donors (Lipinski definition) is 0. The maximum Gasteiger partial charge on any atom is 0.303 e. The minimum Gasteiger partial charge on any atom is -0.458 e. The third kappa shape index (κ3) is 3.66. The molecule has 1 rings (SSSR count). The van der Waals surface area contributed by atoms with E-state index in [1.54, 1.807) is 6.92 Å². The van der Waals surface area contributed by atoms with Crippen molar-refractivity contribution in [3.63, 3.8) is 0 Å². The van der Waals surface area contributed by atoms with Crippen molar-refractivity contribution in [1.29, 1.82) is 0 Å². The summed E-state index contributed by atoms with van der Waals surface area (Å²) in [6.45, 7) is 4.37. The van der Waals surface area contributed by atoms with Crippen molar-refractivity contribution in [2.75, 3.05) is 0 Å². The minimum atomic E-state index is -0.526. The van der Waals surface area contributed by atoms with E-state index in [9.17, 15) is 9.59 Å². The molecule has 2 atom stereocenters. The summed E-state index contributed by atoms with van der Waals surface area (Å²) in [4.78, 5) is 22.7. The van der Waals surface area contributed by atoms with Crippen LogP contribution in [0, 0.1) is 0 Å². The van der Waals surface area contributed by atoms with Crippen molar-refractivity contribution in [2.24, 2.45) is 0 Å². The van der Waals surface area contributed by atoms with Gasteiger partial charge in [-0.25, -0.2) is 0 Å². The van der Waals surface area contributed by atoms with Crippen LogP contribution in [-0.2, 0) is 19.1 Å². The van der Waals surface area contributed by atoms with Crippen molar-refractivity contribution in [3.05, 3.63) is 22.4 Å². The first-order chi connectivity index (χ1) is 7.50. The van der Waals surface area contributed by atoms with Gasteiger partial charge in [-0.05, 0) is 18.4 Å². The van der Waals surface area contributed by atoms with Crippen molar-refractivity contribution >= 4 is 23.3 Å². The molecule has 0 N–H and O–H groups in total. The van der Waals surface area contributed by atoms with E-state index < -0.39 is 18.2 Å². The summed E-state index contributed by atoms with van der Waals surface area (Å²) < 4.78 is 10.2. The second-order valence-electron chi connectivity index (χ2n) is 3.36. The van der Waals surface area contributed by atoms with E-state index in [0.29, 0.717) is 0 Å². The van der Waals surface area contributed by atoms with Crippen LogP contribution in [0.2, 0.25) is 0 Å². The van der Waals surface area contributed by atoms with Gasteiger partial charge in [-0.1, -0.05) is 6.07 Å². The van der Waals surface area contributed by atoms with E-state index in [1.165, 1.54) is 25.2 Å². The van der Waals surface area contributed by atoms with Gasteiger partial charge in [0.15, 0.2) is 6.10 Å². The molecule has 0 spiro atoms. The lowest BCUT2D eigenvalue weighted by molar-refractivity contribution is -0.164. The number of hydrogen-bond acceptors (Lipinski definition) is 5. The summed E-state index contributed by atoms with van der Waals surface area (Å²) in [5, 5.41) is 1.88. The Hall–Kier alpha value is -1.36. The van der Waals surface area contributed by atoms with E-state index in [2.05, 4.69) is 0 Å². The average Bonchev–Trinajstić information content (AvgIpc) is 2.64. The van der Waals surface area contributed by atoms with E-state index in [1.807, 2.05) is 17.5 Å². The molecule has 4 nitrogen and oxygen atoms in total. The highest BCUT2D eigenvalue weighted by atomic mass is 32.1. The Balaban J connectivity index is 2.78. The number of carbonyl (C=O) groups is 2. The first-order valence-electron chi connectivity index (χ1n) is 4.88. The Labute approximate surface area is 98.2 Å². The molecule has 0 aliphatic rings. The second kappa shape index (κ2) is 5.65. The van der Waals surface area contributed by atoms with Crippen molar-refractivity contribution in [3.8, 4) is 0 Å². The van der Waals surface area contributed by atoms with Gasteiger partial charge in [0, 0.05) is 18.7 Å². The molecule has 1 aromatic rings. The molecule has 0 radical (unpaired) electrons. The van der Waals surface area contributed by atoms with Gasteiger partial charge in [0.1, 0.15) is 6.10 Å². The molecule has 0 aliphatic heterocycles. The predicted molar refractivity (Wildman–Crippen MR) is 60.1 cm³/mol. The van der Waals surface area contributed by atoms with Gasteiger partial charge >= 0.3 is 11.9 Å². The minimum absolute atomic E-state index is 0.388. The Morgan fingerprint density at radius 1 is 1.25 bits per heavy atom. The van der Waals surface area contributed by atoms with E-state index in [-0.39, 0.29) is 5.97 Å². The van der Waals surface area contributed by atoms with E-state index >= 15 is 0 Å². The highest BCUT2D eigenvalue weighted by Gasteiger charge is 2.25. The molecule has 2 unspecified atom stereocenters. The fourth-order valence-corrected chi connectivity index (χ4v) is 2.19. The van der Waals surface area contributed by atoms with Gasteiger partial charge in [0.05, 0.1) is 0 Å². The van der Waals surface area contributed by atoms with Crippen LogP contribution in [0.15, 0.2) is 17.5 Å². The normalized spacial score (nSPS) is 13.9. The highest BCUT2D eigenvalue weighted by molar-refractivity contribution is 7.10. The summed E-state index contributed by atoms with van der Waals surface area (Å²) in [7, 11) is 0. The van der Waals surface area contributed by atoms with Gasteiger partial charge in [-0.2, -0.15) is 0 Å². The molecular weight excluding hydrogens is 228 g/mol. The first-order valence-corrected chi connectivity index (χ1v) is 5.76. The molecule has 0 aromatic carbocycles.